The molecule has 1 aliphatic rings. The molecule has 0 amide bonds. The Morgan fingerprint density at radius 1 is 0.630 bits per heavy atom. The van der Waals surface area contributed by atoms with Crippen LogP contribution in [-0.2, 0) is 0 Å². The summed E-state index contributed by atoms with van der Waals surface area (Å²) in [6, 6.07) is 23.8. The summed E-state index contributed by atoms with van der Waals surface area (Å²) in [5.74, 6) is 2.18. The van der Waals surface area contributed by atoms with E-state index in [1.54, 1.807) is 0 Å². The van der Waals surface area contributed by atoms with Gasteiger partial charge in [0, 0.05) is 26.5 Å². The van der Waals surface area contributed by atoms with Gasteiger partial charge >= 0.3 is 6.85 Å². The van der Waals surface area contributed by atoms with Gasteiger partial charge in [-0.25, -0.2) is 0 Å². The third kappa shape index (κ3) is 3.94. The second kappa shape index (κ2) is 7.86. The minimum Gasteiger partial charge on any atom is -0.377 e. The Labute approximate surface area is 174 Å². The Bertz CT molecular complexity index is 993. The Morgan fingerprint density at radius 2 is 1.15 bits per heavy atom. The summed E-state index contributed by atoms with van der Waals surface area (Å²) in [5.41, 5.74) is 4.41. The molecule has 3 aromatic carbocycles. The quantitative estimate of drug-likeness (QED) is 0.445. The Hall–Kier alpha value is -2.13. The molecule has 0 bridgehead atoms. The van der Waals surface area contributed by atoms with Crippen molar-refractivity contribution >= 4 is 58.5 Å². The topological polar surface area (TPSA) is 3.24 Å². The van der Waals surface area contributed by atoms with E-state index in [4.69, 9.17) is 34.8 Å². The number of anilines is 1. The maximum Gasteiger partial charge on any atom is 0.320 e. The Kier molecular flexibility index (Phi) is 5.31. The van der Waals surface area contributed by atoms with Crippen LogP contribution in [0.25, 0.3) is 5.70 Å². The van der Waals surface area contributed by atoms with Crippen molar-refractivity contribution < 1.29 is 0 Å². The van der Waals surface area contributed by atoms with Crippen molar-refractivity contribution in [3.63, 3.8) is 0 Å². The van der Waals surface area contributed by atoms with E-state index in [1.807, 2.05) is 60.7 Å². The van der Waals surface area contributed by atoms with Crippen LogP contribution in [0.3, 0.4) is 0 Å². The van der Waals surface area contributed by atoms with Crippen molar-refractivity contribution in [2.75, 3.05) is 4.81 Å². The highest BCUT2D eigenvalue weighted by atomic mass is 35.5. The second-order valence-electron chi connectivity index (χ2n) is 6.29. The summed E-state index contributed by atoms with van der Waals surface area (Å²) in [7, 11) is 0. The van der Waals surface area contributed by atoms with Gasteiger partial charge in [-0.1, -0.05) is 76.6 Å². The number of benzene rings is 3. The predicted octanol–water partition coefficient (Wildman–Crippen LogP) is 6.50. The van der Waals surface area contributed by atoms with E-state index < -0.39 is 0 Å². The lowest BCUT2D eigenvalue weighted by Gasteiger charge is -2.35. The molecule has 1 aliphatic heterocycles. The van der Waals surface area contributed by atoms with Gasteiger partial charge in [0.25, 0.3) is 0 Å². The van der Waals surface area contributed by atoms with E-state index in [9.17, 15) is 0 Å². The van der Waals surface area contributed by atoms with Crippen LogP contribution in [0.1, 0.15) is 5.56 Å². The standard InChI is InChI=1S/C22H15BCl3N/c24-18-7-3-16(4-8-18)22-2-1-15-23(17-5-9-19(25)10-6-17)27(22)21-13-11-20(26)12-14-21/h1-15H. The summed E-state index contributed by atoms with van der Waals surface area (Å²) in [4.78, 5) is 2.29. The molecule has 0 atom stereocenters. The van der Waals surface area contributed by atoms with Crippen molar-refractivity contribution in [3.8, 4) is 0 Å². The molecule has 1 heterocycles. The van der Waals surface area contributed by atoms with E-state index in [1.165, 1.54) is 0 Å². The van der Waals surface area contributed by atoms with Crippen LogP contribution in [0.5, 0.6) is 0 Å². The van der Waals surface area contributed by atoms with Crippen molar-refractivity contribution in [2.24, 2.45) is 0 Å². The summed E-state index contributed by atoms with van der Waals surface area (Å²) in [6.45, 7) is 0.0409. The third-order valence-corrected chi connectivity index (χ3v) is 5.30. The lowest BCUT2D eigenvalue weighted by atomic mass is 9.52. The average molecular weight is 411 g/mol. The van der Waals surface area contributed by atoms with E-state index in [0.717, 1.165) is 32.5 Å². The van der Waals surface area contributed by atoms with E-state index in [-0.39, 0.29) is 6.85 Å². The summed E-state index contributed by atoms with van der Waals surface area (Å²) >= 11 is 18.3. The molecule has 0 saturated carbocycles. The average Bonchev–Trinajstić information content (AvgIpc) is 2.69. The molecule has 0 N–H and O–H groups in total. The van der Waals surface area contributed by atoms with Crippen LogP contribution < -0.4 is 10.3 Å². The highest BCUT2D eigenvalue weighted by molar-refractivity contribution is 6.83. The van der Waals surface area contributed by atoms with Gasteiger partial charge in [0.1, 0.15) is 0 Å². The van der Waals surface area contributed by atoms with Crippen LogP contribution in [0.4, 0.5) is 5.69 Å². The fourth-order valence-corrected chi connectivity index (χ4v) is 3.62. The van der Waals surface area contributed by atoms with Crippen LogP contribution in [0.15, 0.2) is 90.9 Å². The monoisotopic (exact) mass is 409 g/mol. The lowest BCUT2D eigenvalue weighted by Crippen LogP contribution is -2.47. The van der Waals surface area contributed by atoms with Crippen LogP contribution >= 0.6 is 34.8 Å². The number of nitrogens with zero attached hydrogens (tertiary/aromatic N) is 1. The molecule has 5 heteroatoms. The van der Waals surface area contributed by atoms with Gasteiger partial charge in [-0.3, -0.25) is 0 Å². The molecule has 3 aromatic rings. The van der Waals surface area contributed by atoms with Gasteiger partial charge in [0.05, 0.1) is 0 Å². The number of allylic oxidation sites excluding steroid dienone is 2. The molecule has 4 rings (SSSR count). The first kappa shape index (κ1) is 18.2. The Balaban J connectivity index is 1.83. The van der Waals surface area contributed by atoms with Crippen LogP contribution in [0.2, 0.25) is 15.1 Å². The zero-order valence-electron chi connectivity index (χ0n) is 14.3. The molecule has 0 saturated heterocycles. The van der Waals surface area contributed by atoms with Crippen molar-refractivity contribution in [3.05, 3.63) is 112 Å². The predicted molar refractivity (Wildman–Crippen MR) is 119 cm³/mol. The zero-order valence-corrected chi connectivity index (χ0v) is 16.6. The maximum atomic E-state index is 6.12. The van der Waals surface area contributed by atoms with E-state index in [0.29, 0.717) is 5.02 Å². The van der Waals surface area contributed by atoms with Gasteiger partial charge < -0.3 is 4.81 Å². The molecule has 0 radical (unpaired) electrons. The van der Waals surface area contributed by atoms with E-state index >= 15 is 0 Å². The first-order chi connectivity index (χ1) is 13.1. The lowest BCUT2D eigenvalue weighted by molar-refractivity contribution is 1.37. The van der Waals surface area contributed by atoms with E-state index in [2.05, 4.69) is 35.1 Å². The normalized spacial score (nSPS) is 13.7. The first-order valence-electron chi connectivity index (χ1n) is 8.56. The zero-order chi connectivity index (χ0) is 18.8. The van der Waals surface area contributed by atoms with Crippen LogP contribution in [-0.4, -0.2) is 6.85 Å². The third-order valence-electron chi connectivity index (χ3n) is 4.54. The van der Waals surface area contributed by atoms with Gasteiger partial charge in [-0.15, -0.1) is 0 Å². The molecule has 0 aliphatic carbocycles. The van der Waals surface area contributed by atoms with Gasteiger partial charge in [-0.05, 0) is 60.2 Å². The number of hydrogen-bond acceptors (Lipinski definition) is 1. The first-order valence-corrected chi connectivity index (χ1v) is 9.70. The van der Waals surface area contributed by atoms with Gasteiger partial charge in [0.2, 0.25) is 0 Å². The number of hydrogen-bond donors (Lipinski definition) is 0. The minimum atomic E-state index is 0.0409. The smallest absolute Gasteiger partial charge is 0.320 e. The fourth-order valence-electron chi connectivity index (χ4n) is 3.25. The van der Waals surface area contributed by atoms with Crippen LogP contribution in [0, 0.1) is 0 Å². The SMILES string of the molecule is Clc1ccc(B2C=CC=C(c3ccc(Cl)cc3)N2c2ccc(Cl)cc2)cc1. The highest BCUT2D eigenvalue weighted by Crippen LogP contribution is 2.31. The molecule has 1 nitrogen and oxygen atoms in total. The molecule has 132 valence electrons. The molecule has 0 fully saturated rings. The summed E-state index contributed by atoms with van der Waals surface area (Å²) in [5, 5.41) is 2.16. The largest absolute Gasteiger partial charge is 0.377 e. The van der Waals surface area contributed by atoms with Gasteiger partial charge in [-0.2, -0.15) is 0 Å². The van der Waals surface area contributed by atoms with Crippen molar-refractivity contribution in [1.82, 2.24) is 0 Å². The molecule has 27 heavy (non-hydrogen) atoms. The Morgan fingerprint density at radius 3 is 1.74 bits per heavy atom. The maximum absolute atomic E-state index is 6.12. The molecule has 0 aromatic heterocycles. The highest BCUT2D eigenvalue weighted by Gasteiger charge is 2.29. The second-order valence-corrected chi connectivity index (χ2v) is 7.60. The minimum absolute atomic E-state index is 0.0409. The summed E-state index contributed by atoms with van der Waals surface area (Å²) < 4.78 is 0. The van der Waals surface area contributed by atoms with Crippen molar-refractivity contribution in [2.45, 2.75) is 0 Å². The fraction of sp³-hybridized carbons (Fsp3) is 0. The number of halogens is 3. The van der Waals surface area contributed by atoms with Crippen molar-refractivity contribution in [1.29, 1.82) is 0 Å². The molecule has 0 spiro atoms. The molecule has 0 unspecified atom stereocenters. The van der Waals surface area contributed by atoms with Gasteiger partial charge in [0.15, 0.2) is 0 Å². The summed E-state index contributed by atoms with van der Waals surface area (Å²) in [6.07, 6.45) is 4.21. The molecular weight excluding hydrogens is 395 g/mol. The molecular formula is C22H15BCl3N. The number of rotatable bonds is 3.